The second-order valence-electron chi connectivity index (χ2n) is 2.77. The molecule has 4 heteroatoms. The Labute approximate surface area is 79.9 Å². The third-order valence-electron chi connectivity index (χ3n) is 2.01. The molecule has 0 bridgehead atoms. The lowest BCUT2D eigenvalue weighted by Crippen LogP contribution is -1.98. The van der Waals surface area contributed by atoms with Gasteiger partial charge in [0.15, 0.2) is 0 Å². The van der Waals surface area contributed by atoms with Crippen molar-refractivity contribution in [3.63, 3.8) is 0 Å². The Morgan fingerprint density at radius 2 is 2.38 bits per heavy atom. The third-order valence-corrected chi connectivity index (χ3v) is 2.21. The molecule has 0 fully saturated rings. The van der Waals surface area contributed by atoms with E-state index in [2.05, 4.69) is 4.98 Å². The van der Waals surface area contributed by atoms with Crippen molar-refractivity contribution in [2.24, 2.45) is 7.05 Å². The number of hydrogen-bond acceptors (Lipinski definition) is 2. The first-order chi connectivity index (χ1) is 6.20. The molecule has 0 aliphatic rings. The summed E-state index contributed by atoms with van der Waals surface area (Å²) in [6, 6.07) is 5.40. The zero-order chi connectivity index (χ0) is 9.42. The number of carbonyl (C=O) groups is 1. The lowest BCUT2D eigenvalue weighted by molar-refractivity contribution is 0.107. The van der Waals surface area contributed by atoms with E-state index >= 15 is 0 Å². The van der Waals surface area contributed by atoms with Crippen LogP contribution in [0.5, 0.6) is 0 Å². The molecule has 2 rings (SSSR count). The first kappa shape index (κ1) is 8.26. The number of pyridine rings is 1. The smallest absolute Gasteiger partial charge is 0.268 e. The highest BCUT2D eigenvalue weighted by Gasteiger charge is 2.10. The van der Waals surface area contributed by atoms with Crippen molar-refractivity contribution < 1.29 is 4.79 Å². The fraction of sp³-hybridized carbons (Fsp3) is 0.111. The highest BCUT2D eigenvalue weighted by atomic mass is 35.5. The Bertz CT molecular complexity index is 475. The highest BCUT2D eigenvalue weighted by molar-refractivity contribution is 6.67. The van der Waals surface area contributed by atoms with Crippen molar-refractivity contribution in [2.75, 3.05) is 0 Å². The molecule has 0 aliphatic carbocycles. The van der Waals surface area contributed by atoms with Crippen molar-refractivity contribution in [1.82, 2.24) is 9.55 Å². The van der Waals surface area contributed by atoms with E-state index in [1.54, 1.807) is 23.9 Å². The van der Waals surface area contributed by atoms with Crippen LogP contribution < -0.4 is 0 Å². The predicted octanol–water partition coefficient (Wildman–Crippen LogP) is 1.95. The van der Waals surface area contributed by atoms with Gasteiger partial charge in [0.25, 0.3) is 5.24 Å². The summed E-state index contributed by atoms with van der Waals surface area (Å²) in [7, 11) is 1.79. The van der Waals surface area contributed by atoms with Gasteiger partial charge in [0, 0.05) is 13.2 Å². The van der Waals surface area contributed by atoms with E-state index in [-0.39, 0.29) is 0 Å². The Morgan fingerprint density at radius 1 is 1.62 bits per heavy atom. The standard InChI is InChI=1S/C9H7ClN2O/c1-12-7-3-2-4-11-6(7)5-8(12)9(10)13/h2-5H,1H3. The molecule has 2 aromatic rings. The number of nitrogens with zero attached hydrogens (tertiary/aromatic N) is 2. The van der Waals surface area contributed by atoms with Gasteiger partial charge in [-0.3, -0.25) is 9.78 Å². The third kappa shape index (κ3) is 1.21. The molecule has 0 spiro atoms. The summed E-state index contributed by atoms with van der Waals surface area (Å²) in [5.41, 5.74) is 2.16. The summed E-state index contributed by atoms with van der Waals surface area (Å²) >= 11 is 5.39. The summed E-state index contributed by atoms with van der Waals surface area (Å²) in [6.45, 7) is 0. The Kier molecular flexibility index (Phi) is 1.81. The SMILES string of the molecule is Cn1c(C(=O)Cl)cc2ncccc21. The molecule has 0 unspecified atom stereocenters. The van der Waals surface area contributed by atoms with Gasteiger partial charge in [0.1, 0.15) is 5.69 Å². The van der Waals surface area contributed by atoms with Crippen LogP contribution in [0.2, 0.25) is 0 Å². The minimum absolute atomic E-state index is 0.458. The van der Waals surface area contributed by atoms with E-state index in [4.69, 9.17) is 11.6 Å². The molecule has 13 heavy (non-hydrogen) atoms. The van der Waals surface area contributed by atoms with Crippen LogP contribution in [0.25, 0.3) is 11.0 Å². The van der Waals surface area contributed by atoms with Gasteiger partial charge in [0.05, 0.1) is 11.0 Å². The van der Waals surface area contributed by atoms with Gasteiger partial charge in [-0.25, -0.2) is 0 Å². The van der Waals surface area contributed by atoms with E-state index < -0.39 is 5.24 Å². The first-order valence-electron chi connectivity index (χ1n) is 3.80. The lowest BCUT2D eigenvalue weighted by atomic mass is 10.4. The maximum atomic E-state index is 11.0. The van der Waals surface area contributed by atoms with Gasteiger partial charge in [0.2, 0.25) is 0 Å². The number of rotatable bonds is 1. The molecule has 0 atom stereocenters. The molecule has 0 saturated carbocycles. The molecule has 0 aliphatic heterocycles. The normalized spacial score (nSPS) is 10.6. The van der Waals surface area contributed by atoms with Gasteiger partial charge in [-0.15, -0.1) is 0 Å². The molecular weight excluding hydrogens is 188 g/mol. The van der Waals surface area contributed by atoms with Gasteiger partial charge in [-0.1, -0.05) is 0 Å². The minimum Gasteiger partial charge on any atom is -0.339 e. The number of fused-ring (bicyclic) bond motifs is 1. The monoisotopic (exact) mass is 194 g/mol. The average Bonchev–Trinajstić information content (AvgIpc) is 2.45. The maximum Gasteiger partial charge on any atom is 0.268 e. The second-order valence-corrected chi connectivity index (χ2v) is 3.11. The van der Waals surface area contributed by atoms with Crippen LogP contribution in [0.15, 0.2) is 24.4 Å². The van der Waals surface area contributed by atoms with Crippen molar-refractivity contribution >= 4 is 27.9 Å². The molecule has 0 amide bonds. The Balaban J connectivity index is 2.81. The minimum atomic E-state index is -0.458. The van der Waals surface area contributed by atoms with E-state index in [1.807, 2.05) is 12.1 Å². The number of aryl methyl sites for hydroxylation is 1. The number of aromatic nitrogens is 2. The molecular formula is C9H7ClN2O. The van der Waals surface area contributed by atoms with Gasteiger partial charge < -0.3 is 4.57 Å². The van der Waals surface area contributed by atoms with Crippen molar-refractivity contribution in [3.8, 4) is 0 Å². The van der Waals surface area contributed by atoms with Crippen LogP contribution in [0.1, 0.15) is 10.5 Å². The van der Waals surface area contributed by atoms with E-state index in [0.717, 1.165) is 11.0 Å². The van der Waals surface area contributed by atoms with Crippen LogP contribution in [-0.2, 0) is 7.05 Å². The van der Waals surface area contributed by atoms with Crippen LogP contribution in [0.4, 0.5) is 0 Å². The molecule has 0 aromatic carbocycles. The molecule has 0 saturated heterocycles. The van der Waals surface area contributed by atoms with Crippen LogP contribution in [-0.4, -0.2) is 14.8 Å². The van der Waals surface area contributed by atoms with Gasteiger partial charge >= 0.3 is 0 Å². The second kappa shape index (κ2) is 2.85. The lowest BCUT2D eigenvalue weighted by Gasteiger charge is -1.97. The molecule has 3 nitrogen and oxygen atoms in total. The van der Waals surface area contributed by atoms with Crippen LogP contribution in [0, 0.1) is 0 Å². The number of halogens is 1. The van der Waals surface area contributed by atoms with Crippen molar-refractivity contribution in [2.45, 2.75) is 0 Å². The van der Waals surface area contributed by atoms with E-state index in [0.29, 0.717) is 5.69 Å². The average molecular weight is 195 g/mol. The summed E-state index contributed by atoms with van der Waals surface area (Å²) in [5.74, 6) is 0. The van der Waals surface area contributed by atoms with Crippen LogP contribution >= 0.6 is 11.6 Å². The van der Waals surface area contributed by atoms with Crippen molar-refractivity contribution in [1.29, 1.82) is 0 Å². The molecule has 0 N–H and O–H groups in total. The fourth-order valence-electron chi connectivity index (χ4n) is 1.35. The zero-order valence-corrected chi connectivity index (χ0v) is 7.75. The van der Waals surface area contributed by atoms with Crippen molar-refractivity contribution in [3.05, 3.63) is 30.1 Å². The highest BCUT2D eigenvalue weighted by Crippen LogP contribution is 2.16. The number of carbonyl (C=O) groups excluding carboxylic acids is 1. The Morgan fingerprint density at radius 3 is 3.00 bits per heavy atom. The fourth-order valence-corrected chi connectivity index (χ4v) is 1.53. The molecule has 66 valence electrons. The zero-order valence-electron chi connectivity index (χ0n) is 6.99. The molecule has 2 aromatic heterocycles. The maximum absolute atomic E-state index is 11.0. The first-order valence-corrected chi connectivity index (χ1v) is 4.18. The number of hydrogen-bond donors (Lipinski definition) is 0. The predicted molar refractivity (Wildman–Crippen MR) is 50.9 cm³/mol. The molecule has 2 heterocycles. The summed E-state index contributed by atoms with van der Waals surface area (Å²) in [6.07, 6.45) is 1.69. The van der Waals surface area contributed by atoms with Gasteiger partial charge in [-0.05, 0) is 29.8 Å². The topological polar surface area (TPSA) is 34.9 Å². The van der Waals surface area contributed by atoms with E-state index in [1.165, 1.54) is 0 Å². The molecule has 0 radical (unpaired) electrons. The quantitative estimate of drug-likeness (QED) is 0.651. The van der Waals surface area contributed by atoms with Gasteiger partial charge in [-0.2, -0.15) is 0 Å². The largest absolute Gasteiger partial charge is 0.339 e. The summed E-state index contributed by atoms with van der Waals surface area (Å²) < 4.78 is 1.73. The Hall–Kier alpha value is -1.35. The summed E-state index contributed by atoms with van der Waals surface area (Å²) in [4.78, 5) is 15.1. The summed E-state index contributed by atoms with van der Waals surface area (Å²) in [5, 5.41) is -0.458. The van der Waals surface area contributed by atoms with Crippen LogP contribution in [0.3, 0.4) is 0 Å². The van der Waals surface area contributed by atoms with E-state index in [9.17, 15) is 4.79 Å².